The van der Waals surface area contributed by atoms with Crippen molar-refractivity contribution in [3.8, 4) is 0 Å². The van der Waals surface area contributed by atoms with Crippen LogP contribution in [0.25, 0.3) is 21.8 Å². The molecule has 1 aromatic heterocycles. The third-order valence-electron chi connectivity index (χ3n) is 4.63. The van der Waals surface area contributed by atoms with E-state index in [0.29, 0.717) is 5.82 Å². The molecule has 4 aromatic rings. The Morgan fingerprint density at radius 2 is 1.66 bits per heavy atom. The summed E-state index contributed by atoms with van der Waals surface area (Å²) in [5, 5.41) is 2.30. The number of carbonyl (C=O) groups is 2. The Hall–Kier alpha value is -3.32. The van der Waals surface area contributed by atoms with E-state index in [1.165, 1.54) is 11.8 Å². The fourth-order valence-electron chi connectivity index (χ4n) is 3.12. The monoisotopic (exact) mass is 404 g/mol. The van der Waals surface area contributed by atoms with Gasteiger partial charge in [0.1, 0.15) is 5.82 Å². The Kier molecular flexibility index (Phi) is 5.48. The van der Waals surface area contributed by atoms with Crippen LogP contribution in [0.5, 0.6) is 0 Å². The van der Waals surface area contributed by atoms with Crippen LogP contribution in [0.3, 0.4) is 0 Å². The van der Waals surface area contributed by atoms with Crippen LogP contribution in [-0.2, 0) is 23.1 Å². The zero-order valence-corrected chi connectivity index (χ0v) is 16.7. The van der Waals surface area contributed by atoms with Crippen molar-refractivity contribution in [3.05, 3.63) is 72.6 Å². The summed E-state index contributed by atoms with van der Waals surface area (Å²) in [6.07, 6.45) is 0.0866. The van der Waals surface area contributed by atoms with Gasteiger partial charge >= 0.3 is 0 Å². The first-order chi connectivity index (χ1) is 14.1. The Bertz CT molecular complexity index is 1200. The minimum Gasteiger partial charge on any atom is -0.331 e. The summed E-state index contributed by atoms with van der Waals surface area (Å²) in [5.74, 6) is 0.280. The number of carbonyl (C=O) groups excluding carboxylic acids is 2. The number of aryl methyl sites for hydroxylation is 1. The summed E-state index contributed by atoms with van der Waals surface area (Å²) < 4.78 is 1.88. The Balaban J connectivity index is 1.28. The molecule has 0 saturated heterocycles. The number of benzene rings is 3. The molecule has 2 N–H and O–H groups in total. The van der Waals surface area contributed by atoms with Crippen LogP contribution in [0.1, 0.15) is 5.82 Å². The maximum absolute atomic E-state index is 12.2. The fourth-order valence-corrected chi connectivity index (χ4v) is 3.87. The van der Waals surface area contributed by atoms with Gasteiger partial charge in [0.25, 0.3) is 0 Å². The zero-order chi connectivity index (χ0) is 20.2. The fraction of sp³-hybridized carbons (Fsp3) is 0.136. The zero-order valence-electron chi connectivity index (χ0n) is 15.9. The van der Waals surface area contributed by atoms with E-state index in [2.05, 4.69) is 28.0 Å². The van der Waals surface area contributed by atoms with Crippen molar-refractivity contribution in [2.24, 2.45) is 7.05 Å². The lowest BCUT2D eigenvalue weighted by molar-refractivity contribution is -0.127. The van der Waals surface area contributed by atoms with Crippen LogP contribution < -0.4 is 10.9 Å². The number of fused-ring (bicyclic) bond motifs is 2. The van der Waals surface area contributed by atoms with Gasteiger partial charge in [-0.25, -0.2) is 4.98 Å². The summed E-state index contributed by atoms with van der Waals surface area (Å²) in [5.41, 5.74) is 6.74. The highest BCUT2D eigenvalue weighted by atomic mass is 32.2. The van der Waals surface area contributed by atoms with Gasteiger partial charge in [-0.1, -0.05) is 42.5 Å². The Morgan fingerprint density at radius 3 is 2.48 bits per heavy atom. The molecule has 0 bridgehead atoms. The third-order valence-corrected chi connectivity index (χ3v) is 5.62. The highest BCUT2D eigenvalue weighted by Crippen LogP contribution is 2.23. The number of thioether (sulfide) groups is 1. The van der Waals surface area contributed by atoms with Gasteiger partial charge in [0.05, 0.1) is 23.2 Å². The SMILES string of the molecule is Cn1c(CC(=O)NNC(=O)CSc2ccc3ccccc3c2)nc2ccccc21. The predicted molar refractivity (Wildman–Crippen MR) is 115 cm³/mol. The lowest BCUT2D eigenvalue weighted by Crippen LogP contribution is -2.43. The number of amides is 2. The molecule has 1 heterocycles. The highest BCUT2D eigenvalue weighted by Gasteiger charge is 2.12. The molecule has 3 aromatic carbocycles. The van der Waals surface area contributed by atoms with E-state index in [9.17, 15) is 9.59 Å². The first kappa shape index (κ1) is 19.0. The molecule has 7 heteroatoms. The molecule has 29 heavy (non-hydrogen) atoms. The number of hydrogen-bond donors (Lipinski definition) is 2. The van der Waals surface area contributed by atoms with Gasteiger partial charge in [-0.2, -0.15) is 0 Å². The number of hydrazine groups is 1. The molecular weight excluding hydrogens is 384 g/mol. The number of rotatable bonds is 5. The molecule has 146 valence electrons. The molecule has 0 aliphatic rings. The quantitative estimate of drug-likeness (QED) is 0.396. The molecule has 6 nitrogen and oxygen atoms in total. The maximum Gasteiger partial charge on any atom is 0.248 e. The molecular formula is C22H20N4O2S. The largest absolute Gasteiger partial charge is 0.331 e. The maximum atomic E-state index is 12.2. The van der Waals surface area contributed by atoms with Crippen molar-refractivity contribution in [2.75, 3.05) is 5.75 Å². The topological polar surface area (TPSA) is 76.0 Å². The van der Waals surface area contributed by atoms with E-state index in [0.717, 1.165) is 26.7 Å². The number of aromatic nitrogens is 2. The van der Waals surface area contributed by atoms with Crippen LogP contribution in [0.4, 0.5) is 0 Å². The number of hydrogen-bond acceptors (Lipinski definition) is 4. The molecule has 2 amide bonds. The van der Waals surface area contributed by atoms with E-state index >= 15 is 0 Å². The Labute approximate surface area is 172 Å². The van der Waals surface area contributed by atoms with E-state index in [1.54, 1.807) is 0 Å². The summed E-state index contributed by atoms with van der Waals surface area (Å²) in [6, 6.07) is 21.9. The first-order valence-corrected chi connectivity index (χ1v) is 10.2. The smallest absolute Gasteiger partial charge is 0.248 e. The minimum atomic E-state index is -0.313. The first-order valence-electron chi connectivity index (χ1n) is 9.20. The van der Waals surface area contributed by atoms with E-state index in [-0.39, 0.29) is 24.0 Å². The van der Waals surface area contributed by atoms with E-state index < -0.39 is 0 Å². The summed E-state index contributed by atoms with van der Waals surface area (Å²) >= 11 is 1.42. The third kappa shape index (κ3) is 4.41. The second-order valence-corrected chi connectivity index (χ2v) is 7.70. The average molecular weight is 404 g/mol. The molecule has 0 atom stereocenters. The van der Waals surface area contributed by atoms with Crippen LogP contribution >= 0.6 is 11.8 Å². The van der Waals surface area contributed by atoms with Crippen molar-refractivity contribution in [1.29, 1.82) is 0 Å². The lowest BCUT2D eigenvalue weighted by atomic mass is 10.1. The molecule has 0 saturated carbocycles. The predicted octanol–water partition coefficient (Wildman–Crippen LogP) is 3.21. The van der Waals surface area contributed by atoms with Crippen LogP contribution in [-0.4, -0.2) is 27.1 Å². The molecule has 0 spiro atoms. The second-order valence-electron chi connectivity index (χ2n) is 6.65. The standard InChI is InChI=1S/C22H20N4O2S/c1-26-19-9-5-4-8-18(19)23-20(26)13-21(27)24-25-22(28)14-29-17-11-10-15-6-2-3-7-16(15)12-17/h2-12H,13-14H2,1H3,(H,24,27)(H,25,28). The number of imidazole rings is 1. The van der Waals surface area contributed by atoms with Crippen molar-refractivity contribution < 1.29 is 9.59 Å². The van der Waals surface area contributed by atoms with Crippen molar-refractivity contribution in [2.45, 2.75) is 11.3 Å². The molecule has 0 aliphatic carbocycles. The molecule has 0 fully saturated rings. The van der Waals surface area contributed by atoms with Gasteiger partial charge in [0.2, 0.25) is 11.8 Å². The molecule has 0 aliphatic heterocycles. The van der Waals surface area contributed by atoms with Crippen molar-refractivity contribution in [1.82, 2.24) is 20.4 Å². The van der Waals surface area contributed by atoms with E-state index in [4.69, 9.17) is 0 Å². The van der Waals surface area contributed by atoms with Gasteiger partial charge in [0.15, 0.2) is 0 Å². The molecule has 0 unspecified atom stereocenters. The lowest BCUT2D eigenvalue weighted by Gasteiger charge is -2.08. The Morgan fingerprint density at radius 1 is 0.931 bits per heavy atom. The van der Waals surface area contributed by atoms with Crippen LogP contribution in [0.15, 0.2) is 71.6 Å². The summed E-state index contributed by atoms with van der Waals surface area (Å²) in [7, 11) is 1.87. The summed E-state index contributed by atoms with van der Waals surface area (Å²) in [6.45, 7) is 0. The second kappa shape index (κ2) is 8.36. The molecule has 4 rings (SSSR count). The highest BCUT2D eigenvalue weighted by molar-refractivity contribution is 8.00. The van der Waals surface area contributed by atoms with Crippen molar-refractivity contribution in [3.63, 3.8) is 0 Å². The summed E-state index contributed by atoms with van der Waals surface area (Å²) in [4.78, 5) is 29.7. The van der Waals surface area contributed by atoms with Crippen LogP contribution in [0.2, 0.25) is 0 Å². The number of nitrogens with one attached hydrogen (secondary N) is 2. The van der Waals surface area contributed by atoms with Gasteiger partial charge in [-0.3, -0.25) is 20.4 Å². The average Bonchev–Trinajstić information content (AvgIpc) is 3.06. The van der Waals surface area contributed by atoms with E-state index in [1.807, 2.05) is 66.2 Å². The number of para-hydroxylation sites is 2. The van der Waals surface area contributed by atoms with Crippen LogP contribution in [0, 0.1) is 0 Å². The molecule has 0 radical (unpaired) electrons. The minimum absolute atomic E-state index is 0.0866. The van der Waals surface area contributed by atoms with Gasteiger partial charge in [0, 0.05) is 11.9 Å². The van der Waals surface area contributed by atoms with Crippen molar-refractivity contribution >= 4 is 45.4 Å². The van der Waals surface area contributed by atoms with Gasteiger partial charge < -0.3 is 4.57 Å². The normalized spacial score (nSPS) is 10.9. The van der Waals surface area contributed by atoms with Gasteiger partial charge in [-0.15, -0.1) is 11.8 Å². The number of nitrogens with zero attached hydrogens (tertiary/aromatic N) is 2. The van der Waals surface area contributed by atoms with Gasteiger partial charge in [-0.05, 0) is 35.0 Å².